The Morgan fingerprint density at radius 2 is 1.31 bits per heavy atom. The summed E-state index contributed by atoms with van der Waals surface area (Å²) in [6, 6.07) is 0.989. The number of pyridine rings is 2. The number of halogens is 1. The first-order chi connectivity index (χ1) is 42.3. The predicted molar refractivity (Wildman–Crippen MR) is 301 cm³/mol. The van der Waals surface area contributed by atoms with Crippen LogP contribution >= 0.6 is 0 Å². The van der Waals surface area contributed by atoms with Gasteiger partial charge in [-0.25, -0.2) is 14.2 Å². The summed E-state index contributed by atoms with van der Waals surface area (Å²) >= 11 is 0. The molecule has 0 saturated carbocycles. The second-order valence-corrected chi connectivity index (χ2v) is 20.9. The number of fused-ring (bicyclic) bond motifs is 5. The molecule has 10 amide bonds. The summed E-state index contributed by atoms with van der Waals surface area (Å²) in [6.45, 7) is 2.32. The van der Waals surface area contributed by atoms with E-state index in [0.29, 0.717) is 65.1 Å². The Balaban J connectivity index is 0.672. The van der Waals surface area contributed by atoms with E-state index >= 15 is 4.39 Å². The Labute approximate surface area is 502 Å². The van der Waals surface area contributed by atoms with Crippen molar-refractivity contribution in [2.45, 2.75) is 76.8 Å². The number of hydrogen-bond acceptors (Lipinski definition) is 20. The molecule has 2 aromatic heterocycles. The maximum absolute atomic E-state index is 15.5. The number of aryl methyl sites for hydroxylation is 1. The number of carbonyl (C=O) groups is 11. The Morgan fingerprint density at radius 1 is 0.727 bits per heavy atom. The van der Waals surface area contributed by atoms with E-state index in [1.165, 1.54) is 15.5 Å². The summed E-state index contributed by atoms with van der Waals surface area (Å²) in [4.78, 5) is 159. The van der Waals surface area contributed by atoms with Crippen LogP contribution in [0.15, 0.2) is 29.1 Å². The van der Waals surface area contributed by atoms with Gasteiger partial charge in [0.1, 0.15) is 18.5 Å². The summed E-state index contributed by atoms with van der Waals surface area (Å²) in [6.07, 6.45) is 2.85. The van der Waals surface area contributed by atoms with Gasteiger partial charge in [-0.05, 0) is 48.9 Å². The molecule has 5 aliphatic rings. The maximum Gasteiger partial charge on any atom is 0.343 e. The van der Waals surface area contributed by atoms with Gasteiger partial charge in [0, 0.05) is 67.2 Å². The Morgan fingerprint density at radius 3 is 1.93 bits per heavy atom. The summed E-state index contributed by atoms with van der Waals surface area (Å²) < 4.78 is 49.4. The van der Waals surface area contributed by atoms with Crippen LogP contribution in [0, 0.1) is 12.7 Å². The van der Waals surface area contributed by atoms with Crippen LogP contribution < -0.4 is 42.8 Å². The number of esters is 1. The molecule has 30 nitrogen and oxygen atoms in total. The van der Waals surface area contributed by atoms with E-state index in [4.69, 9.17) is 33.4 Å². The number of nitrogens with zero attached hydrogens (tertiary/aromatic N) is 4. The van der Waals surface area contributed by atoms with Gasteiger partial charge in [-0.3, -0.25) is 57.6 Å². The third kappa shape index (κ3) is 15.9. The van der Waals surface area contributed by atoms with Crippen LogP contribution in [0.25, 0.3) is 22.3 Å². The van der Waals surface area contributed by atoms with Crippen molar-refractivity contribution in [3.05, 3.63) is 73.8 Å². The molecule has 1 fully saturated rings. The van der Waals surface area contributed by atoms with Crippen molar-refractivity contribution in [3.63, 3.8) is 0 Å². The zero-order valence-corrected chi connectivity index (χ0v) is 48.6. The minimum atomic E-state index is -2.08. The van der Waals surface area contributed by atoms with E-state index in [-0.39, 0.29) is 127 Å². The maximum atomic E-state index is 15.5. The molecular weight excluding hydrogens is 1160 g/mol. The van der Waals surface area contributed by atoms with Crippen molar-refractivity contribution in [1.82, 2.24) is 56.6 Å². The molecule has 1 aromatic carbocycles. The Hall–Kier alpha value is -8.62. The normalized spacial score (nSPS) is 18.0. The van der Waals surface area contributed by atoms with Crippen LogP contribution in [0.3, 0.4) is 0 Å². The summed E-state index contributed by atoms with van der Waals surface area (Å²) in [5.41, 5.74) is 0.842. The number of imide groups is 1. The first-order valence-corrected chi connectivity index (χ1v) is 28.7. The van der Waals surface area contributed by atoms with Crippen molar-refractivity contribution in [2.75, 3.05) is 118 Å². The Bertz CT molecular complexity index is 3320. The zero-order valence-electron chi connectivity index (χ0n) is 48.6. The minimum absolute atomic E-state index is 0.000815. The lowest BCUT2D eigenvalue weighted by molar-refractivity contribution is -0.172. The fourth-order valence-electron chi connectivity index (χ4n) is 10.6. The number of nitrogens with one attached hydrogen (secondary N) is 7. The molecule has 88 heavy (non-hydrogen) atoms. The number of benzene rings is 1. The number of ether oxygens (including phenoxy) is 6. The van der Waals surface area contributed by atoms with E-state index in [1.807, 2.05) is 0 Å². The predicted octanol–water partition coefficient (Wildman–Crippen LogP) is -3.67. The number of carbonyl (C=O) groups excluding carboxylic acids is 11. The second-order valence-electron chi connectivity index (χ2n) is 20.9. The number of aliphatic hydroxyl groups is 1. The molecule has 0 unspecified atom stereocenters. The molecule has 1 aliphatic carbocycles. The number of morpholine rings is 1. The molecule has 1 saturated heterocycles. The van der Waals surface area contributed by atoms with Crippen LogP contribution in [-0.4, -0.2) is 214 Å². The highest BCUT2D eigenvalue weighted by Gasteiger charge is 2.46. The van der Waals surface area contributed by atoms with Crippen molar-refractivity contribution in [3.8, 4) is 11.4 Å². The van der Waals surface area contributed by atoms with Crippen LogP contribution in [0.4, 0.5) is 4.39 Å². The van der Waals surface area contributed by atoms with Gasteiger partial charge in [0.15, 0.2) is 5.60 Å². The molecule has 474 valence electrons. The number of cyclic esters (lactones) is 1. The van der Waals surface area contributed by atoms with Gasteiger partial charge in [0.2, 0.25) is 47.3 Å². The largest absolute Gasteiger partial charge is 0.458 e. The van der Waals surface area contributed by atoms with E-state index in [9.17, 15) is 62.6 Å². The lowest BCUT2D eigenvalue weighted by Crippen LogP contribution is -2.58. The first-order valence-electron chi connectivity index (χ1n) is 28.7. The molecule has 31 heteroatoms. The van der Waals surface area contributed by atoms with Gasteiger partial charge in [-0.15, -0.1) is 0 Å². The van der Waals surface area contributed by atoms with E-state index in [1.54, 1.807) is 19.9 Å². The lowest BCUT2D eigenvalue weighted by atomic mass is 9.81. The molecule has 0 radical (unpaired) electrons. The highest BCUT2D eigenvalue weighted by Crippen LogP contribution is 2.46. The van der Waals surface area contributed by atoms with Crippen LogP contribution in [0.2, 0.25) is 0 Å². The molecular formula is C57H70FN11O19. The van der Waals surface area contributed by atoms with Gasteiger partial charge in [-0.2, -0.15) is 0 Å². The second kappa shape index (κ2) is 30.3. The third-order valence-electron chi connectivity index (χ3n) is 15.3. The van der Waals surface area contributed by atoms with Crippen molar-refractivity contribution >= 4 is 75.9 Å². The van der Waals surface area contributed by atoms with Crippen LogP contribution in [0.5, 0.6) is 0 Å². The van der Waals surface area contributed by atoms with E-state index < -0.39 is 121 Å². The fraction of sp³-hybridized carbons (Fsp3) is 0.526. The highest BCUT2D eigenvalue weighted by atomic mass is 19.1. The fourth-order valence-corrected chi connectivity index (χ4v) is 10.6. The smallest absolute Gasteiger partial charge is 0.343 e. The molecule has 3 aromatic rings. The van der Waals surface area contributed by atoms with E-state index in [2.05, 4.69) is 37.2 Å². The van der Waals surface area contributed by atoms with Crippen LogP contribution in [0.1, 0.15) is 72.0 Å². The van der Waals surface area contributed by atoms with Gasteiger partial charge in [0.05, 0.1) is 134 Å². The van der Waals surface area contributed by atoms with Gasteiger partial charge in [0.25, 0.3) is 17.4 Å². The van der Waals surface area contributed by atoms with Gasteiger partial charge < -0.3 is 80.2 Å². The van der Waals surface area contributed by atoms with Gasteiger partial charge >= 0.3 is 5.97 Å². The first kappa shape index (κ1) is 65.4. The molecule has 8 N–H and O–H groups in total. The number of rotatable bonds is 31. The number of aromatic nitrogens is 2. The average molecular weight is 1230 g/mol. The van der Waals surface area contributed by atoms with Crippen molar-refractivity contribution in [1.29, 1.82) is 0 Å². The lowest BCUT2D eigenvalue weighted by Gasteiger charge is -2.36. The van der Waals surface area contributed by atoms with Crippen LogP contribution in [-0.2, 0) is 106 Å². The molecule has 8 rings (SSSR count). The monoisotopic (exact) mass is 1230 g/mol. The molecule has 0 spiro atoms. The summed E-state index contributed by atoms with van der Waals surface area (Å²) in [7, 11) is 0. The standard InChI is InChI=1S/C57H70FN11O19/c1-3-57(82)36-22-40-53-34(29-69(40)55(80)35(36)30-88-56(57)81)52-38(5-4-33-32(2)37(58)23-39(65-53)51(33)52)66-54(79)41-31-87-15-12-67(41)50(78)28-64-47(75)27-63-46(74)26-62-45(73)25-61-44(72)24-60-43(71)9-13-83-16-18-85-20-21-86-19-17-84-14-10-59-42(70)8-11-68-48(76)6-7-49(68)77/h6-7,22-23,38,41,82H,3-5,8-21,24-31H2,1-2H3,(H,59,70)(H,60,71)(H,61,72)(H,62,73)(H,63,74)(H,64,75)(H,66,79)/t38-,41+,57-/m1/s1. The molecule has 4 aliphatic heterocycles. The molecule has 6 heterocycles. The Kier molecular flexibility index (Phi) is 22.5. The molecule has 3 atom stereocenters. The van der Waals surface area contributed by atoms with Gasteiger partial charge in [-0.1, -0.05) is 6.92 Å². The highest BCUT2D eigenvalue weighted by molar-refractivity contribution is 6.13. The number of amides is 10. The zero-order chi connectivity index (χ0) is 63.1. The van der Waals surface area contributed by atoms with E-state index in [0.717, 1.165) is 17.1 Å². The average Bonchev–Trinajstić information content (AvgIpc) is 1.45. The summed E-state index contributed by atoms with van der Waals surface area (Å²) in [5.74, 6) is -7.23. The number of hydrogen-bond donors (Lipinski definition) is 8. The SMILES string of the molecule is CC[C@]1(O)C(=O)OCc2c1cc1n(c2=O)Cc2c-1nc1cc(F)c(C)c3c1c2[C@H](NC(=O)[C@@H]1COCCN1C(=O)CNC(=O)CNC(=O)CNC(=O)CNC(=O)CNC(=O)CCOCCOCCOCCOCCNC(=O)CCN1C(=O)C=CC1=O)CC3. The molecule has 0 bridgehead atoms. The summed E-state index contributed by atoms with van der Waals surface area (Å²) in [5, 5.41) is 29.5. The quantitative estimate of drug-likeness (QED) is 0.0137. The van der Waals surface area contributed by atoms with Crippen molar-refractivity contribution in [2.24, 2.45) is 0 Å². The van der Waals surface area contributed by atoms with Crippen molar-refractivity contribution < 1.29 is 90.7 Å². The minimum Gasteiger partial charge on any atom is -0.458 e. The topological polar surface area (TPSA) is 389 Å². The third-order valence-corrected chi connectivity index (χ3v) is 15.3.